The van der Waals surface area contributed by atoms with E-state index in [0.29, 0.717) is 39.7 Å². The van der Waals surface area contributed by atoms with Gasteiger partial charge in [-0.15, -0.1) is 0 Å². The van der Waals surface area contributed by atoms with Gasteiger partial charge in [-0.2, -0.15) is 0 Å². The van der Waals surface area contributed by atoms with E-state index in [2.05, 4.69) is 0 Å². The fourth-order valence-corrected chi connectivity index (χ4v) is 5.30. The predicted octanol–water partition coefficient (Wildman–Crippen LogP) is 5.23. The van der Waals surface area contributed by atoms with Crippen molar-refractivity contribution in [1.29, 1.82) is 0 Å². The first-order valence-electron chi connectivity index (χ1n) is 10.6. The van der Waals surface area contributed by atoms with Gasteiger partial charge in [0.15, 0.2) is 32.8 Å². The van der Waals surface area contributed by atoms with E-state index in [1.807, 2.05) is 0 Å². The maximum absolute atomic E-state index is 13.2. The second-order valence-electron chi connectivity index (χ2n) is 7.57. The van der Waals surface area contributed by atoms with Crippen molar-refractivity contribution in [2.24, 2.45) is 0 Å². The van der Waals surface area contributed by atoms with Gasteiger partial charge in [0, 0.05) is 0 Å². The molecule has 0 heterocycles. The molecule has 0 fully saturated rings. The first-order chi connectivity index (χ1) is 17.2. The molecule has 3 aromatic rings. The van der Waals surface area contributed by atoms with Crippen LogP contribution in [0.1, 0.15) is 16.7 Å². The predicted molar refractivity (Wildman–Crippen MR) is 139 cm³/mol. The van der Waals surface area contributed by atoms with Gasteiger partial charge in [0.1, 0.15) is 5.75 Å². The first kappa shape index (κ1) is 27.0. The van der Waals surface area contributed by atoms with Crippen molar-refractivity contribution in [3.63, 3.8) is 0 Å². The van der Waals surface area contributed by atoms with E-state index in [1.54, 1.807) is 24.3 Å². The SMILES string of the molecule is COc1cc(CS(=O)(=O)c2ccc(OC)c(Cl)c2)c(/C=C\c2cc(OC)c(OC)c(OC)c2)cc1O. The van der Waals surface area contributed by atoms with E-state index >= 15 is 0 Å². The van der Waals surface area contributed by atoms with Gasteiger partial charge in [0.2, 0.25) is 5.75 Å². The molecule has 1 N–H and O–H groups in total. The van der Waals surface area contributed by atoms with Gasteiger partial charge in [-0.3, -0.25) is 0 Å². The molecule has 0 spiro atoms. The molecule has 0 bridgehead atoms. The third-order valence-electron chi connectivity index (χ3n) is 5.41. The van der Waals surface area contributed by atoms with Crippen LogP contribution in [0.15, 0.2) is 47.4 Å². The van der Waals surface area contributed by atoms with E-state index in [1.165, 1.54) is 65.9 Å². The lowest BCUT2D eigenvalue weighted by Crippen LogP contribution is -2.07. The molecule has 0 saturated heterocycles. The Hall–Kier alpha value is -3.56. The summed E-state index contributed by atoms with van der Waals surface area (Å²) in [5.74, 6) is 1.41. The number of hydrogen-bond donors (Lipinski definition) is 1. The zero-order valence-corrected chi connectivity index (χ0v) is 22.1. The molecule has 0 saturated carbocycles. The summed E-state index contributed by atoms with van der Waals surface area (Å²) in [7, 11) is 3.58. The lowest BCUT2D eigenvalue weighted by molar-refractivity contribution is 0.324. The first-order valence-corrected chi connectivity index (χ1v) is 12.6. The number of phenolic OH excluding ortho intramolecular Hbond substituents is 1. The lowest BCUT2D eigenvalue weighted by atomic mass is 10.1. The van der Waals surface area contributed by atoms with Gasteiger partial charge >= 0.3 is 0 Å². The van der Waals surface area contributed by atoms with Crippen LogP contribution in [0.4, 0.5) is 0 Å². The van der Waals surface area contributed by atoms with E-state index in [0.717, 1.165) is 0 Å². The van der Waals surface area contributed by atoms with Crippen LogP contribution in [0.5, 0.6) is 34.5 Å². The third kappa shape index (κ3) is 5.80. The Labute approximate surface area is 215 Å². The molecule has 0 aliphatic rings. The van der Waals surface area contributed by atoms with Crippen molar-refractivity contribution >= 4 is 33.6 Å². The van der Waals surface area contributed by atoms with Crippen LogP contribution in [0.2, 0.25) is 5.02 Å². The van der Waals surface area contributed by atoms with Crippen LogP contribution < -0.4 is 23.7 Å². The zero-order chi connectivity index (χ0) is 26.5. The van der Waals surface area contributed by atoms with Crippen molar-refractivity contribution in [3.8, 4) is 34.5 Å². The molecule has 0 unspecified atom stereocenters. The molecule has 192 valence electrons. The Balaban J connectivity index is 2.05. The number of phenols is 1. The molecule has 0 atom stereocenters. The minimum absolute atomic E-state index is 0.0416. The van der Waals surface area contributed by atoms with Crippen molar-refractivity contribution < 1.29 is 37.2 Å². The number of halogens is 1. The molecule has 10 heteroatoms. The average Bonchev–Trinajstić information content (AvgIpc) is 2.87. The summed E-state index contributed by atoms with van der Waals surface area (Å²) in [6.07, 6.45) is 3.43. The fraction of sp³-hybridized carbons (Fsp3) is 0.231. The molecule has 0 aliphatic heterocycles. The Morgan fingerprint density at radius 2 is 1.39 bits per heavy atom. The topological polar surface area (TPSA) is 101 Å². The smallest absolute Gasteiger partial charge is 0.203 e. The minimum atomic E-state index is -3.80. The fourth-order valence-electron chi connectivity index (χ4n) is 3.58. The molecule has 3 aromatic carbocycles. The number of methoxy groups -OCH3 is 5. The number of aromatic hydroxyl groups is 1. The summed E-state index contributed by atoms with van der Waals surface area (Å²) in [5.41, 5.74) is 1.60. The number of rotatable bonds is 10. The van der Waals surface area contributed by atoms with Gasteiger partial charge in [0.25, 0.3) is 0 Å². The Morgan fingerprint density at radius 3 is 1.92 bits per heavy atom. The third-order valence-corrected chi connectivity index (χ3v) is 7.37. The van der Waals surface area contributed by atoms with Gasteiger partial charge in [-0.1, -0.05) is 23.8 Å². The van der Waals surface area contributed by atoms with Crippen LogP contribution in [0, 0.1) is 0 Å². The number of ether oxygens (including phenoxy) is 5. The van der Waals surface area contributed by atoms with Gasteiger partial charge in [-0.05, 0) is 59.2 Å². The molecule has 8 nitrogen and oxygen atoms in total. The normalized spacial score (nSPS) is 11.4. The summed E-state index contributed by atoms with van der Waals surface area (Å²) in [6, 6.07) is 10.7. The van der Waals surface area contributed by atoms with Crippen molar-refractivity contribution in [3.05, 3.63) is 64.2 Å². The summed E-state index contributed by atoms with van der Waals surface area (Å²) < 4.78 is 52.9. The second kappa shape index (κ2) is 11.5. The molecule has 0 aliphatic carbocycles. The van der Waals surface area contributed by atoms with E-state index in [-0.39, 0.29) is 27.2 Å². The largest absolute Gasteiger partial charge is 0.504 e. The maximum Gasteiger partial charge on any atom is 0.203 e. The lowest BCUT2D eigenvalue weighted by Gasteiger charge is -2.14. The summed E-state index contributed by atoms with van der Waals surface area (Å²) in [6.45, 7) is 0. The maximum atomic E-state index is 13.2. The Bertz CT molecular complexity index is 1360. The number of hydrogen-bond acceptors (Lipinski definition) is 8. The molecular formula is C26H27ClO8S. The number of sulfone groups is 1. The van der Waals surface area contributed by atoms with Crippen LogP contribution >= 0.6 is 11.6 Å². The van der Waals surface area contributed by atoms with E-state index in [4.69, 9.17) is 35.3 Å². The molecule has 0 radical (unpaired) electrons. The summed E-state index contributed by atoms with van der Waals surface area (Å²) in [5, 5.41) is 10.5. The van der Waals surface area contributed by atoms with Crippen molar-refractivity contribution in [2.75, 3.05) is 35.5 Å². The van der Waals surface area contributed by atoms with Crippen molar-refractivity contribution in [1.82, 2.24) is 0 Å². The zero-order valence-electron chi connectivity index (χ0n) is 20.5. The highest BCUT2D eigenvalue weighted by Gasteiger charge is 2.20. The van der Waals surface area contributed by atoms with Crippen LogP contribution in [-0.2, 0) is 15.6 Å². The minimum Gasteiger partial charge on any atom is -0.504 e. The summed E-state index contributed by atoms with van der Waals surface area (Å²) >= 11 is 6.14. The van der Waals surface area contributed by atoms with Gasteiger partial charge in [0.05, 0.1) is 51.2 Å². The van der Waals surface area contributed by atoms with E-state index < -0.39 is 9.84 Å². The van der Waals surface area contributed by atoms with Crippen molar-refractivity contribution in [2.45, 2.75) is 10.6 Å². The van der Waals surface area contributed by atoms with Gasteiger partial charge < -0.3 is 28.8 Å². The molecule has 0 aromatic heterocycles. The monoisotopic (exact) mass is 534 g/mol. The molecule has 3 rings (SSSR count). The molecule has 36 heavy (non-hydrogen) atoms. The molecular weight excluding hydrogens is 508 g/mol. The highest BCUT2D eigenvalue weighted by Crippen LogP contribution is 2.39. The van der Waals surface area contributed by atoms with Crippen LogP contribution in [-0.4, -0.2) is 49.1 Å². The number of benzene rings is 3. The highest BCUT2D eigenvalue weighted by atomic mass is 35.5. The highest BCUT2D eigenvalue weighted by molar-refractivity contribution is 7.90. The summed E-state index contributed by atoms with van der Waals surface area (Å²) in [4.78, 5) is 0.0416. The van der Waals surface area contributed by atoms with Crippen LogP contribution in [0.25, 0.3) is 12.2 Å². The molecule has 0 amide bonds. The second-order valence-corrected chi connectivity index (χ2v) is 9.97. The van der Waals surface area contributed by atoms with E-state index in [9.17, 15) is 13.5 Å². The average molecular weight is 535 g/mol. The van der Waals surface area contributed by atoms with Crippen LogP contribution in [0.3, 0.4) is 0 Å². The standard InChI is InChI=1S/C26H27ClO8S/c1-31-22-9-8-19(14-20(22)27)36(29,30)15-18-13-23(32-2)21(28)12-17(18)7-6-16-10-24(33-3)26(35-5)25(11-16)34-4/h6-14,28H,15H2,1-5H3/b7-6-. The quantitative estimate of drug-likeness (QED) is 0.353. The van der Waals surface area contributed by atoms with Gasteiger partial charge in [-0.25, -0.2) is 8.42 Å². The Morgan fingerprint density at radius 1 is 0.778 bits per heavy atom. The Kier molecular flexibility index (Phi) is 8.60.